The second-order valence-electron chi connectivity index (χ2n) is 6.48. The van der Waals surface area contributed by atoms with Gasteiger partial charge in [-0.15, -0.1) is 21.5 Å². The van der Waals surface area contributed by atoms with E-state index in [2.05, 4.69) is 15.5 Å². The van der Waals surface area contributed by atoms with Gasteiger partial charge in [-0.3, -0.25) is 9.59 Å². The molecular weight excluding hydrogens is 312 g/mol. The van der Waals surface area contributed by atoms with Gasteiger partial charge in [0.25, 0.3) is 0 Å². The minimum atomic E-state index is 0.0385. The van der Waals surface area contributed by atoms with E-state index in [1.54, 1.807) is 11.3 Å². The molecule has 7 heteroatoms. The van der Waals surface area contributed by atoms with Crippen molar-refractivity contribution in [1.29, 1.82) is 0 Å². The minimum absolute atomic E-state index is 0.0385. The molecule has 1 aliphatic heterocycles. The Morgan fingerprint density at radius 1 is 1.17 bits per heavy atom. The van der Waals surface area contributed by atoms with Crippen LogP contribution >= 0.6 is 11.3 Å². The van der Waals surface area contributed by atoms with Crippen LogP contribution in [0.1, 0.15) is 42.1 Å². The zero-order chi connectivity index (χ0) is 16.2. The fraction of sp³-hybridized carbons (Fsp3) is 0.750. The van der Waals surface area contributed by atoms with E-state index in [1.807, 2.05) is 11.8 Å². The first-order valence-electron chi connectivity index (χ1n) is 8.49. The van der Waals surface area contributed by atoms with Gasteiger partial charge in [-0.1, -0.05) is 6.42 Å². The van der Waals surface area contributed by atoms with Gasteiger partial charge in [0.2, 0.25) is 11.8 Å². The molecule has 3 rings (SSSR count). The minimum Gasteiger partial charge on any atom is -0.355 e. The average molecular weight is 336 g/mol. The highest BCUT2D eigenvalue weighted by Gasteiger charge is 2.33. The highest BCUT2D eigenvalue weighted by atomic mass is 32.1. The SMILES string of the molecule is Cc1nnc(CCNC(=O)C2CCN(C(=O)C3CCC3)CC2)s1. The van der Waals surface area contributed by atoms with Crippen LogP contribution in [0.15, 0.2) is 0 Å². The van der Waals surface area contributed by atoms with E-state index in [-0.39, 0.29) is 17.7 Å². The van der Waals surface area contributed by atoms with E-state index in [0.717, 1.165) is 55.2 Å². The summed E-state index contributed by atoms with van der Waals surface area (Å²) in [5.41, 5.74) is 0. The summed E-state index contributed by atoms with van der Waals surface area (Å²) < 4.78 is 0. The summed E-state index contributed by atoms with van der Waals surface area (Å²) in [7, 11) is 0. The normalized spacial score (nSPS) is 19.4. The highest BCUT2D eigenvalue weighted by molar-refractivity contribution is 7.11. The molecule has 1 saturated heterocycles. The first-order chi connectivity index (χ1) is 11.1. The van der Waals surface area contributed by atoms with Crippen LogP contribution in [-0.4, -0.2) is 46.5 Å². The van der Waals surface area contributed by atoms with Gasteiger partial charge in [0.15, 0.2) is 0 Å². The van der Waals surface area contributed by atoms with Crippen molar-refractivity contribution in [2.24, 2.45) is 11.8 Å². The number of carbonyl (C=O) groups is 2. The molecule has 2 heterocycles. The van der Waals surface area contributed by atoms with Gasteiger partial charge in [0.1, 0.15) is 10.0 Å². The Bertz CT molecular complexity index is 562. The summed E-state index contributed by atoms with van der Waals surface area (Å²) in [5, 5.41) is 12.9. The summed E-state index contributed by atoms with van der Waals surface area (Å²) in [5.74, 6) is 0.719. The maximum atomic E-state index is 12.2. The second kappa shape index (κ2) is 7.38. The fourth-order valence-electron chi connectivity index (χ4n) is 3.15. The molecule has 1 saturated carbocycles. The zero-order valence-electron chi connectivity index (χ0n) is 13.6. The Morgan fingerprint density at radius 2 is 1.91 bits per heavy atom. The van der Waals surface area contributed by atoms with Crippen molar-refractivity contribution >= 4 is 23.2 Å². The van der Waals surface area contributed by atoms with Crippen molar-refractivity contribution < 1.29 is 9.59 Å². The number of hydrogen-bond acceptors (Lipinski definition) is 5. The molecule has 126 valence electrons. The van der Waals surface area contributed by atoms with Crippen LogP contribution in [0.25, 0.3) is 0 Å². The quantitative estimate of drug-likeness (QED) is 0.885. The number of carbonyl (C=O) groups excluding carboxylic acids is 2. The van der Waals surface area contributed by atoms with Gasteiger partial charge in [-0.05, 0) is 32.6 Å². The smallest absolute Gasteiger partial charge is 0.225 e. The zero-order valence-corrected chi connectivity index (χ0v) is 14.4. The molecule has 1 aromatic heterocycles. The van der Waals surface area contributed by atoms with E-state index in [0.29, 0.717) is 12.5 Å². The van der Waals surface area contributed by atoms with Crippen molar-refractivity contribution in [2.45, 2.75) is 45.4 Å². The molecule has 2 amide bonds. The van der Waals surface area contributed by atoms with Gasteiger partial charge in [-0.25, -0.2) is 0 Å². The van der Waals surface area contributed by atoms with Crippen molar-refractivity contribution in [2.75, 3.05) is 19.6 Å². The van der Waals surface area contributed by atoms with Gasteiger partial charge in [-0.2, -0.15) is 0 Å². The number of aryl methyl sites for hydroxylation is 1. The number of nitrogens with one attached hydrogen (secondary N) is 1. The average Bonchev–Trinajstić information content (AvgIpc) is 2.91. The van der Waals surface area contributed by atoms with Crippen LogP contribution in [0.3, 0.4) is 0 Å². The molecule has 2 fully saturated rings. The summed E-state index contributed by atoms with van der Waals surface area (Å²) in [6, 6.07) is 0. The third-order valence-corrected chi connectivity index (χ3v) is 5.74. The van der Waals surface area contributed by atoms with Gasteiger partial charge >= 0.3 is 0 Å². The Morgan fingerprint density at radius 3 is 2.48 bits per heavy atom. The van der Waals surface area contributed by atoms with E-state index >= 15 is 0 Å². The molecule has 0 radical (unpaired) electrons. The summed E-state index contributed by atoms with van der Waals surface area (Å²) in [6.07, 6.45) is 5.57. The van der Waals surface area contributed by atoms with E-state index < -0.39 is 0 Å². The lowest BCUT2D eigenvalue weighted by molar-refractivity contribution is -0.141. The van der Waals surface area contributed by atoms with Crippen LogP contribution < -0.4 is 5.32 Å². The number of nitrogens with zero attached hydrogens (tertiary/aromatic N) is 3. The second-order valence-corrected chi connectivity index (χ2v) is 7.75. The maximum absolute atomic E-state index is 12.2. The molecule has 2 aliphatic rings. The molecule has 23 heavy (non-hydrogen) atoms. The number of aromatic nitrogens is 2. The molecule has 6 nitrogen and oxygen atoms in total. The monoisotopic (exact) mass is 336 g/mol. The standard InChI is InChI=1S/C16H24N4O2S/c1-11-18-19-14(23-11)5-8-17-15(21)12-6-9-20(10-7-12)16(22)13-3-2-4-13/h12-13H,2-10H2,1H3,(H,17,21). The lowest BCUT2D eigenvalue weighted by atomic mass is 9.83. The number of rotatable bonds is 5. The first-order valence-corrected chi connectivity index (χ1v) is 9.30. The lowest BCUT2D eigenvalue weighted by Gasteiger charge is -2.36. The largest absolute Gasteiger partial charge is 0.355 e. The first kappa shape index (κ1) is 16.4. The van der Waals surface area contributed by atoms with E-state index in [4.69, 9.17) is 0 Å². The van der Waals surface area contributed by atoms with Crippen molar-refractivity contribution in [3.05, 3.63) is 10.0 Å². The Balaban J connectivity index is 1.37. The third kappa shape index (κ3) is 4.07. The van der Waals surface area contributed by atoms with Crippen LogP contribution in [0.5, 0.6) is 0 Å². The Hall–Kier alpha value is -1.50. The van der Waals surface area contributed by atoms with Gasteiger partial charge in [0, 0.05) is 37.9 Å². The maximum Gasteiger partial charge on any atom is 0.225 e. The van der Waals surface area contributed by atoms with Gasteiger partial charge in [0.05, 0.1) is 0 Å². The molecule has 0 aromatic carbocycles. The summed E-state index contributed by atoms with van der Waals surface area (Å²) >= 11 is 1.57. The molecule has 1 N–H and O–H groups in total. The Labute approximate surface area is 140 Å². The van der Waals surface area contributed by atoms with Gasteiger partial charge < -0.3 is 10.2 Å². The predicted molar refractivity (Wildman–Crippen MR) is 88.0 cm³/mol. The predicted octanol–water partition coefficient (Wildman–Crippen LogP) is 1.54. The van der Waals surface area contributed by atoms with Crippen LogP contribution in [0.2, 0.25) is 0 Å². The molecule has 1 aromatic rings. The summed E-state index contributed by atoms with van der Waals surface area (Å²) in [4.78, 5) is 26.4. The number of piperidine rings is 1. The molecular formula is C16H24N4O2S. The molecule has 0 bridgehead atoms. The number of likely N-dealkylation sites (tertiary alicyclic amines) is 1. The molecule has 1 aliphatic carbocycles. The van der Waals surface area contributed by atoms with Crippen LogP contribution in [-0.2, 0) is 16.0 Å². The van der Waals surface area contributed by atoms with E-state index in [9.17, 15) is 9.59 Å². The van der Waals surface area contributed by atoms with Crippen LogP contribution in [0, 0.1) is 18.8 Å². The fourth-order valence-corrected chi connectivity index (χ4v) is 3.86. The molecule has 0 spiro atoms. The number of amides is 2. The molecule has 0 atom stereocenters. The number of hydrogen-bond donors (Lipinski definition) is 1. The summed E-state index contributed by atoms with van der Waals surface area (Å²) in [6.45, 7) is 3.99. The van der Waals surface area contributed by atoms with Crippen LogP contribution in [0.4, 0.5) is 0 Å². The topological polar surface area (TPSA) is 75.2 Å². The third-order valence-electron chi connectivity index (χ3n) is 4.84. The van der Waals surface area contributed by atoms with E-state index in [1.165, 1.54) is 6.42 Å². The van der Waals surface area contributed by atoms with Crippen molar-refractivity contribution in [3.63, 3.8) is 0 Å². The highest BCUT2D eigenvalue weighted by Crippen LogP contribution is 2.30. The lowest BCUT2D eigenvalue weighted by Crippen LogP contribution is -2.46. The van der Waals surface area contributed by atoms with Crippen molar-refractivity contribution in [1.82, 2.24) is 20.4 Å². The molecule has 0 unspecified atom stereocenters. The van der Waals surface area contributed by atoms with Crippen molar-refractivity contribution in [3.8, 4) is 0 Å². The Kier molecular flexibility index (Phi) is 5.25.